The molecule has 2 amide bonds. The third-order valence-corrected chi connectivity index (χ3v) is 4.49. The molecule has 25 heavy (non-hydrogen) atoms. The molecule has 0 saturated carbocycles. The molecule has 0 bridgehead atoms. The first-order valence-electron chi connectivity index (χ1n) is 7.29. The number of nitrogens with zero attached hydrogens (tertiary/aromatic N) is 2. The van der Waals surface area contributed by atoms with Gasteiger partial charge < -0.3 is 4.84 Å². The Labute approximate surface area is 151 Å². The summed E-state index contributed by atoms with van der Waals surface area (Å²) in [5.74, 6) is -2.34. The van der Waals surface area contributed by atoms with Crippen LogP contribution in [0.5, 0.6) is 0 Å². The quantitative estimate of drug-likeness (QED) is 0.752. The monoisotopic (exact) mass is 378 g/mol. The number of benzene rings is 2. The van der Waals surface area contributed by atoms with Crippen molar-refractivity contribution in [3.63, 3.8) is 0 Å². The normalized spacial score (nSPS) is 22.0. The van der Waals surface area contributed by atoms with E-state index in [0.717, 1.165) is 4.90 Å². The molecule has 0 unspecified atom stereocenters. The van der Waals surface area contributed by atoms with Crippen LogP contribution in [0.15, 0.2) is 47.6 Å². The number of carbonyl (C=O) groups is 2. The number of carbonyl (C=O) groups excluding carboxylic acids is 2. The minimum absolute atomic E-state index is 0.268. The topological polar surface area (TPSA) is 59.0 Å². The molecule has 2 aliphatic rings. The van der Waals surface area contributed by atoms with Gasteiger partial charge in [-0.05, 0) is 30.3 Å². The highest BCUT2D eigenvalue weighted by Gasteiger charge is 2.56. The van der Waals surface area contributed by atoms with Gasteiger partial charge in [0.05, 0.1) is 5.69 Å². The van der Waals surface area contributed by atoms with E-state index in [4.69, 9.17) is 28.0 Å². The van der Waals surface area contributed by atoms with Gasteiger partial charge in [-0.25, -0.2) is 9.29 Å². The highest BCUT2D eigenvalue weighted by molar-refractivity contribution is 6.37. The predicted octanol–water partition coefficient (Wildman–Crippen LogP) is 3.43. The standard InChI is InChI=1S/C17H9Cl2FN2O3/c18-9-5-10(19)7-12(6-9)22-16(23)13-14(21-25-15(13)17(22)24)8-1-3-11(20)4-2-8/h1-7,13,15H/t13-,15+/m1/s1. The maximum atomic E-state index is 13.1. The van der Waals surface area contributed by atoms with Crippen LogP contribution in [0.25, 0.3) is 0 Å². The van der Waals surface area contributed by atoms with Gasteiger partial charge in [0.1, 0.15) is 17.4 Å². The van der Waals surface area contributed by atoms with Gasteiger partial charge in [-0.3, -0.25) is 9.59 Å². The molecule has 0 aromatic heterocycles. The zero-order valence-electron chi connectivity index (χ0n) is 12.4. The first-order chi connectivity index (χ1) is 12.0. The molecule has 2 atom stereocenters. The largest absolute Gasteiger partial charge is 0.381 e. The summed E-state index contributed by atoms with van der Waals surface area (Å²) >= 11 is 11.9. The number of halogens is 3. The van der Waals surface area contributed by atoms with Gasteiger partial charge in [0.15, 0.2) is 0 Å². The summed E-state index contributed by atoms with van der Waals surface area (Å²) < 4.78 is 13.1. The molecule has 2 aromatic carbocycles. The predicted molar refractivity (Wildman–Crippen MR) is 90.3 cm³/mol. The van der Waals surface area contributed by atoms with Crippen molar-refractivity contribution in [3.8, 4) is 0 Å². The molecular formula is C17H9Cl2FN2O3. The molecule has 8 heteroatoms. The van der Waals surface area contributed by atoms with Crippen molar-refractivity contribution >= 4 is 46.4 Å². The summed E-state index contributed by atoms with van der Waals surface area (Å²) in [5, 5.41) is 4.46. The summed E-state index contributed by atoms with van der Waals surface area (Å²) in [6.07, 6.45) is -1.05. The second-order valence-electron chi connectivity index (χ2n) is 5.63. The van der Waals surface area contributed by atoms with E-state index in [9.17, 15) is 14.0 Å². The van der Waals surface area contributed by atoms with Gasteiger partial charge in [-0.15, -0.1) is 0 Å². The SMILES string of the molecule is O=C1[C@@H]2C(c3ccc(F)cc3)=NO[C@@H]2C(=O)N1c1cc(Cl)cc(Cl)c1. The fourth-order valence-corrected chi connectivity index (χ4v) is 3.47. The minimum Gasteiger partial charge on any atom is -0.381 e. The van der Waals surface area contributed by atoms with Gasteiger partial charge in [0.2, 0.25) is 12.0 Å². The number of hydrogen-bond acceptors (Lipinski definition) is 4. The van der Waals surface area contributed by atoms with Gasteiger partial charge >= 0.3 is 0 Å². The summed E-state index contributed by atoms with van der Waals surface area (Å²) in [5.41, 5.74) is 1.07. The molecule has 1 saturated heterocycles. The lowest BCUT2D eigenvalue weighted by Crippen LogP contribution is -2.33. The lowest BCUT2D eigenvalue weighted by molar-refractivity contribution is -0.126. The Morgan fingerprint density at radius 3 is 2.28 bits per heavy atom. The van der Waals surface area contributed by atoms with Crippen LogP contribution in [0.3, 0.4) is 0 Å². The van der Waals surface area contributed by atoms with E-state index in [0.29, 0.717) is 21.3 Å². The third kappa shape index (κ3) is 2.58. The fraction of sp³-hybridized carbons (Fsp3) is 0.118. The van der Waals surface area contributed by atoms with Crippen LogP contribution < -0.4 is 4.90 Å². The number of hydrogen-bond donors (Lipinski definition) is 0. The molecule has 2 heterocycles. The molecule has 2 aliphatic heterocycles. The number of imide groups is 1. The van der Waals surface area contributed by atoms with Crippen LogP contribution in [0.4, 0.5) is 10.1 Å². The first-order valence-corrected chi connectivity index (χ1v) is 8.05. The fourth-order valence-electron chi connectivity index (χ4n) is 2.96. The molecular weight excluding hydrogens is 370 g/mol. The van der Waals surface area contributed by atoms with Gasteiger partial charge in [0.25, 0.3) is 5.91 Å². The maximum Gasteiger partial charge on any atom is 0.278 e. The van der Waals surface area contributed by atoms with Crippen molar-refractivity contribution < 1.29 is 18.8 Å². The number of fused-ring (bicyclic) bond motifs is 1. The number of amides is 2. The minimum atomic E-state index is -1.05. The highest BCUT2D eigenvalue weighted by atomic mass is 35.5. The van der Waals surface area contributed by atoms with Crippen LogP contribution in [0, 0.1) is 11.7 Å². The summed E-state index contributed by atoms with van der Waals surface area (Å²) in [4.78, 5) is 31.6. The Balaban J connectivity index is 1.72. The number of anilines is 1. The molecule has 126 valence electrons. The van der Waals surface area contributed by atoms with Crippen molar-refractivity contribution in [2.45, 2.75) is 6.10 Å². The Morgan fingerprint density at radius 1 is 1.00 bits per heavy atom. The van der Waals surface area contributed by atoms with E-state index >= 15 is 0 Å². The van der Waals surface area contributed by atoms with E-state index in [1.165, 1.54) is 42.5 Å². The van der Waals surface area contributed by atoms with Gasteiger partial charge in [0, 0.05) is 15.6 Å². The van der Waals surface area contributed by atoms with E-state index in [1.54, 1.807) is 0 Å². The average molecular weight is 379 g/mol. The van der Waals surface area contributed by atoms with Crippen molar-refractivity contribution in [1.29, 1.82) is 0 Å². The van der Waals surface area contributed by atoms with E-state index in [-0.39, 0.29) is 5.69 Å². The zero-order chi connectivity index (χ0) is 17.7. The molecule has 0 radical (unpaired) electrons. The molecule has 2 aromatic rings. The average Bonchev–Trinajstić information content (AvgIpc) is 3.08. The second kappa shape index (κ2) is 5.82. The summed E-state index contributed by atoms with van der Waals surface area (Å²) in [6, 6.07) is 9.91. The summed E-state index contributed by atoms with van der Waals surface area (Å²) in [6.45, 7) is 0. The van der Waals surface area contributed by atoms with Crippen molar-refractivity contribution in [2.75, 3.05) is 4.90 Å². The zero-order valence-corrected chi connectivity index (χ0v) is 14.0. The van der Waals surface area contributed by atoms with Crippen molar-refractivity contribution in [3.05, 3.63) is 63.9 Å². The van der Waals surface area contributed by atoms with Gasteiger partial charge in [-0.2, -0.15) is 0 Å². The molecule has 0 N–H and O–H groups in total. The maximum absolute atomic E-state index is 13.1. The second-order valence-corrected chi connectivity index (χ2v) is 6.50. The van der Waals surface area contributed by atoms with E-state index < -0.39 is 29.7 Å². The lowest BCUT2D eigenvalue weighted by Gasteiger charge is -2.16. The van der Waals surface area contributed by atoms with Crippen molar-refractivity contribution in [2.24, 2.45) is 11.1 Å². The van der Waals surface area contributed by atoms with Crippen LogP contribution in [-0.4, -0.2) is 23.6 Å². The Bertz CT molecular complexity index is 910. The number of rotatable bonds is 2. The van der Waals surface area contributed by atoms with E-state index in [1.807, 2.05) is 0 Å². The Morgan fingerprint density at radius 2 is 1.64 bits per heavy atom. The van der Waals surface area contributed by atoms with Crippen LogP contribution in [0.2, 0.25) is 10.0 Å². The molecule has 4 rings (SSSR count). The smallest absolute Gasteiger partial charge is 0.278 e. The molecule has 5 nitrogen and oxygen atoms in total. The Kier molecular flexibility index (Phi) is 3.74. The lowest BCUT2D eigenvalue weighted by atomic mass is 9.94. The first kappa shape index (κ1) is 16.1. The Hall–Kier alpha value is -2.44. The van der Waals surface area contributed by atoms with Crippen LogP contribution in [0.1, 0.15) is 5.56 Å². The van der Waals surface area contributed by atoms with Gasteiger partial charge in [-0.1, -0.05) is 40.5 Å². The highest BCUT2D eigenvalue weighted by Crippen LogP contribution is 2.36. The van der Waals surface area contributed by atoms with Crippen LogP contribution in [-0.2, 0) is 14.4 Å². The number of oxime groups is 1. The molecule has 1 fully saturated rings. The molecule has 0 aliphatic carbocycles. The van der Waals surface area contributed by atoms with Crippen LogP contribution >= 0.6 is 23.2 Å². The third-order valence-electron chi connectivity index (χ3n) is 4.06. The summed E-state index contributed by atoms with van der Waals surface area (Å²) in [7, 11) is 0. The van der Waals surface area contributed by atoms with E-state index in [2.05, 4.69) is 5.16 Å². The van der Waals surface area contributed by atoms with Crippen molar-refractivity contribution in [1.82, 2.24) is 0 Å². The molecule has 0 spiro atoms.